The second kappa shape index (κ2) is 8.80. The third-order valence-electron chi connectivity index (χ3n) is 10.7. The third kappa shape index (κ3) is 3.23. The topological polar surface area (TPSA) is 0 Å². The Morgan fingerprint density at radius 1 is 0.318 bits per heavy atom. The van der Waals surface area contributed by atoms with E-state index in [0.717, 1.165) is 0 Å². The Hall–Kier alpha value is -4.94. The molecular formula is C44H34. The minimum Gasteiger partial charge on any atom is -0.0622 e. The molecule has 0 bridgehead atoms. The fraction of sp³-hybridized carbons (Fsp3) is 0.136. The lowest BCUT2D eigenvalue weighted by Gasteiger charge is -2.24. The number of rotatable bonds is 2. The van der Waals surface area contributed by atoms with Crippen LogP contribution in [0.15, 0.2) is 133 Å². The Morgan fingerprint density at radius 3 is 1.36 bits per heavy atom. The first-order valence-electron chi connectivity index (χ1n) is 15.8. The van der Waals surface area contributed by atoms with Crippen molar-refractivity contribution < 1.29 is 0 Å². The normalized spacial score (nSPS) is 15.2. The van der Waals surface area contributed by atoms with E-state index in [0.29, 0.717) is 0 Å². The highest BCUT2D eigenvalue weighted by Crippen LogP contribution is 2.59. The van der Waals surface area contributed by atoms with E-state index in [1.807, 2.05) is 0 Å². The molecule has 0 radical (unpaired) electrons. The van der Waals surface area contributed by atoms with Crippen LogP contribution in [0.5, 0.6) is 0 Å². The minimum absolute atomic E-state index is 0.00781. The second-order valence-corrected chi connectivity index (χ2v) is 13.7. The van der Waals surface area contributed by atoms with E-state index in [4.69, 9.17) is 0 Å². The average Bonchev–Trinajstić information content (AvgIpc) is 3.43. The lowest BCUT2D eigenvalue weighted by Crippen LogP contribution is -2.17. The van der Waals surface area contributed by atoms with Gasteiger partial charge in [0.15, 0.2) is 0 Å². The van der Waals surface area contributed by atoms with Gasteiger partial charge in [-0.25, -0.2) is 0 Å². The Balaban J connectivity index is 1.33. The van der Waals surface area contributed by atoms with Crippen LogP contribution in [0.25, 0.3) is 66.1 Å². The van der Waals surface area contributed by atoms with Gasteiger partial charge in [-0.2, -0.15) is 0 Å². The molecule has 44 heavy (non-hydrogen) atoms. The summed E-state index contributed by atoms with van der Waals surface area (Å²) in [5.74, 6) is 0. The molecule has 0 aliphatic heterocycles. The molecule has 0 saturated heterocycles. The molecular weight excluding hydrogens is 528 g/mol. The fourth-order valence-electron chi connectivity index (χ4n) is 8.53. The van der Waals surface area contributed by atoms with Crippen molar-refractivity contribution in [2.75, 3.05) is 0 Å². The van der Waals surface area contributed by atoms with E-state index in [2.05, 4.69) is 161 Å². The number of hydrogen-bond donors (Lipinski definition) is 0. The molecule has 0 fully saturated rings. The van der Waals surface area contributed by atoms with E-state index in [1.54, 1.807) is 0 Å². The van der Waals surface area contributed by atoms with E-state index in [9.17, 15) is 0 Å². The number of benzene rings is 7. The lowest BCUT2D eigenvalue weighted by molar-refractivity contribution is 0.651. The zero-order valence-electron chi connectivity index (χ0n) is 25.7. The van der Waals surface area contributed by atoms with Gasteiger partial charge >= 0.3 is 0 Å². The zero-order chi connectivity index (χ0) is 29.8. The molecule has 7 aromatic carbocycles. The van der Waals surface area contributed by atoms with Gasteiger partial charge in [-0.15, -0.1) is 0 Å². The standard InChI is InChI=1S/C44H34/c1-43(2)35-21-13-12-20-33(35)41-36(43)24-25-37-42(41)34-23-22-28(26-38(34)44(37,3)4)40-31-18-10-8-16-29(31)39(27-14-6-5-7-15-27)30-17-9-11-19-32(30)40/h5-26H,1-4H3. The van der Waals surface area contributed by atoms with Gasteiger partial charge < -0.3 is 0 Å². The molecule has 0 aromatic heterocycles. The van der Waals surface area contributed by atoms with Crippen LogP contribution in [0, 0.1) is 0 Å². The molecule has 0 heterocycles. The molecule has 0 spiro atoms. The summed E-state index contributed by atoms with van der Waals surface area (Å²) in [5, 5.41) is 5.20. The smallest absolute Gasteiger partial charge is 0.0159 e. The van der Waals surface area contributed by atoms with Gasteiger partial charge in [0.05, 0.1) is 0 Å². The van der Waals surface area contributed by atoms with Crippen LogP contribution >= 0.6 is 0 Å². The Labute approximate surface area is 259 Å². The van der Waals surface area contributed by atoms with E-state index in [-0.39, 0.29) is 10.8 Å². The van der Waals surface area contributed by atoms with Crippen LogP contribution in [-0.4, -0.2) is 0 Å². The molecule has 0 N–H and O–H groups in total. The molecule has 7 aromatic rings. The summed E-state index contributed by atoms with van der Waals surface area (Å²) in [6.45, 7) is 9.58. The molecule has 2 aliphatic rings. The minimum atomic E-state index is -0.104. The molecule has 210 valence electrons. The Morgan fingerprint density at radius 2 is 0.773 bits per heavy atom. The van der Waals surface area contributed by atoms with Gasteiger partial charge in [0, 0.05) is 10.8 Å². The summed E-state index contributed by atoms with van der Waals surface area (Å²) in [6.07, 6.45) is 0. The quantitative estimate of drug-likeness (QED) is 0.184. The van der Waals surface area contributed by atoms with Crippen LogP contribution in [0.2, 0.25) is 0 Å². The van der Waals surface area contributed by atoms with E-state index < -0.39 is 0 Å². The first-order chi connectivity index (χ1) is 21.4. The van der Waals surface area contributed by atoms with Gasteiger partial charge in [0.2, 0.25) is 0 Å². The number of fused-ring (bicyclic) bond motifs is 9. The highest BCUT2D eigenvalue weighted by molar-refractivity contribution is 6.21. The van der Waals surface area contributed by atoms with Crippen LogP contribution in [0.4, 0.5) is 0 Å². The maximum absolute atomic E-state index is 2.50. The van der Waals surface area contributed by atoms with Crippen molar-refractivity contribution in [3.05, 3.63) is 156 Å². The molecule has 2 aliphatic carbocycles. The fourth-order valence-corrected chi connectivity index (χ4v) is 8.53. The molecule has 0 atom stereocenters. The Bertz CT molecular complexity index is 2260. The number of hydrogen-bond acceptors (Lipinski definition) is 0. The van der Waals surface area contributed by atoms with Crippen molar-refractivity contribution in [3.63, 3.8) is 0 Å². The van der Waals surface area contributed by atoms with Crippen molar-refractivity contribution >= 4 is 21.5 Å². The SMILES string of the molecule is CC1(C)c2ccccc2-c2c1ccc1c2-c2ccc(-c3c4ccccc4c(-c4ccccc4)c4ccccc34)cc2C1(C)C. The largest absolute Gasteiger partial charge is 0.0622 e. The molecule has 0 heteroatoms. The monoisotopic (exact) mass is 562 g/mol. The first kappa shape index (κ1) is 25.5. The van der Waals surface area contributed by atoms with Crippen molar-refractivity contribution in [1.29, 1.82) is 0 Å². The summed E-state index contributed by atoms with van der Waals surface area (Å²) in [7, 11) is 0. The molecule has 0 nitrogen and oxygen atoms in total. The van der Waals surface area contributed by atoms with Gasteiger partial charge in [-0.05, 0) is 94.4 Å². The predicted molar refractivity (Wildman–Crippen MR) is 187 cm³/mol. The van der Waals surface area contributed by atoms with E-state index >= 15 is 0 Å². The highest BCUT2D eigenvalue weighted by atomic mass is 14.5. The van der Waals surface area contributed by atoms with E-state index in [1.165, 1.54) is 88.3 Å². The maximum Gasteiger partial charge on any atom is 0.0159 e. The summed E-state index contributed by atoms with van der Waals surface area (Å²) >= 11 is 0. The second-order valence-electron chi connectivity index (χ2n) is 13.7. The summed E-state index contributed by atoms with van der Waals surface area (Å²) in [5.41, 5.74) is 16.4. The van der Waals surface area contributed by atoms with Crippen LogP contribution in [-0.2, 0) is 10.8 Å². The van der Waals surface area contributed by atoms with Gasteiger partial charge in [-0.3, -0.25) is 0 Å². The zero-order valence-corrected chi connectivity index (χ0v) is 25.7. The third-order valence-corrected chi connectivity index (χ3v) is 10.7. The van der Waals surface area contributed by atoms with Crippen molar-refractivity contribution in [2.45, 2.75) is 38.5 Å². The van der Waals surface area contributed by atoms with Crippen molar-refractivity contribution in [1.82, 2.24) is 0 Å². The van der Waals surface area contributed by atoms with Crippen molar-refractivity contribution in [2.24, 2.45) is 0 Å². The highest BCUT2D eigenvalue weighted by Gasteiger charge is 2.43. The van der Waals surface area contributed by atoms with Gasteiger partial charge in [0.25, 0.3) is 0 Å². The first-order valence-corrected chi connectivity index (χ1v) is 15.8. The average molecular weight is 563 g/mol. The molecule has 0 saturated carbocycles. The van der Waals surface area contributed by atoms with Crippen LogP contribution in [0.3, 0.4) is 0 Å². The maximum atomic E-state index is 2.50. The van der Waals surface area contributed by atoms with Gasteiger partial charge in [-0.1, -0.05) is 155 Å². The van der Waals surface area contributed by atoms with Crippen molar-refractivity contribution in [3.8, 4) is 44.5 Å². The molecule has 9 rings (SSSR count). The Kier molecular flexibility index (Phi) is 5.11. The molecule has 0 amide bonds. The van der Waals surface area contributed by atoms with Crippen LogP contribution < -0.4 is 0 Å². The molecule has 0 unspecified atom stereocenters. The summed E-state index contributed by atoms with van der Waals surface area (Å²) in [6, 6.07) is 50.0. The van der Waals surface area contributed by atoms with Crippen LogP contribution in [0.1, 0.15) is 49.9 Å². The predicted octanol–water partition coefficient (Wildman–Crippen LogP) is 11.9. The van der Waals surface area contributed by atoms with Gasteiger partial charge in [0.1, 0.15) is 0 Å². The summed E-state index contributed by atoms with van der Waals surface area (Å²) < 4.78 is 0. The lowest BCUT2D eigenvalue weighted by atomic mass is 9.79. The summed E-state index contributed by atoms with van der Waals surface area (Å²) in [4.78, 5) is 0.